The number of urea groups is 1. The molecule has 29 heavy (non-hydrogen) atoms. The molecular formula is C23H33N5O. The van der Waals surface area contributed by atoms with Crippen molar-refractivity contribution in [2.75, 3.05) is 26.2 Å². The van der Waals surface area contributed by atoms with E-state index in [4.69, 9.17) is 0 Å². The summed E-state index contributed by atoms with van der Waals surface area (Å²) in [5, 5.41) is 3.20. The first-order valence-electron chi connectivity index (χ1n) is 10.8. The third-order valence-electron chi connectivity index (χ3n) is 6.68. The maximum atomic E-state index is 12.7. The molecule has 3 heterocycles. The minimum atomic E-state index is 0.0495. The quantitative estimate of drug-likeness (QED) is 0.865. The summed E-state index contributed by atoms with van der Waals surface area (Å²) in [6, 6.07) is 10.7. The first-order valence-corrected chi connectivity index (χ1v) is 10.8. The number of carbonyl (C=O) groups excluding carboxylic acids is 1. The van der Waals surface area contributed by atoms with E-state index in [1.807, 2.05) is 11.8 Å². The number of aryl methyl sites for hydroxylation is 1. The van der Waals surface area contributed by atoms with Crippen molar-refractivity contribution >= 4 is 6.03 Å². The number of rotatable bonds is 4. The molecule has 4 rings (SSSR count). The Kier molecular flexibility index (Phi) is 5.90. The fourth-order valence-corrected chi connectivity index (χ4v) is 4.68. The van der Waals surface area contributed by atoms with Crippen molar-refractivity contribution in [3.8, 4) is 0 Å². The van der Waals surface area contributed by atoms with Crippen molar-refractivity contribution in [3.63, 3.8) is 0 Å². The Hall–Kier alpha value is -2.34. The molecule has 1 N–H and O–H groups in total. The summed E-state index contributed by atoms with van der Waals surface area (Å²) in [5.74, 6) is 2.13. The van der Waals surface area contributed by atoms with Crippen molar-refractivity contribution in [3.05, 3.63) is 53.1 Å². The Morgan fingerprint density at radius 2 is 1.97 bits per heavy atom. The lowest BCUT2D eigenvalue weighted by Gasteiger charge is -2.37. The highest BCUT2D eigenvalue weighted by Gasteiger charge is 2.28. The lowest BCUT2D eigenvalue weighted by atomic mass is 9.86. The van der Waals surface area contributed by atoms with E-state index >= 15 is 0 Å². The Labute approximate surface area is 173 Å². The largest absolute Gasteiger partial charge is 0.338 e. The first-order chi connectivity index (χ1) is 14.0. The summed E-state index contributed by atoms with van der Waals surface area (Å²) < 4.78 is 2.24. The van der Waals surface area contributed by atoms with Crippen molar-refractivity contribution in [1.29, 1.82) is 0 Å². The monoisotopic (exact) mass is 395 g/mol. The van der Waals surface area contributed by atoms with Crippen LogP contribution in [0.15, 0.2) is 30.3 Å². The molecule has 0 bridgehead atoms. The molecule has 0 radical (unpaired) electrons. The molecule has 1 aromatic heterocycles. The molecule has 0 aliphatic carbocycles. The predicted molar refractivity (Wildman–Crippen MR) is 114 cm³/mol. The van der Waals surface area contributed by atoms with E-state index in [0.717, 1.165) is 57.2 Å². The van der Waals surface area contributed by atoms with Gasteiger partial charge in [-0.1, -0.05) is 37.3 Å². The van der Waals surface area contributed by atoms with Crippen LogP contribution in [0.4, 0.5) is 4.79 Å². The second-order valence-corrected chi connectivity index (χ2v) is 8.70. The molecule has 6 heteroatoms. The second-order valence-electron chi connectivity index (χ2n) is 8.70. The Morgan fingerprint density at radius 1 is 1.17 bits per heavy atom. The molecule has 1 fully saturated rings. The highest BCUT2D eigenvalue weighted by Crippen LogP contribution is 2.24. The Bertz CT molecular complexity index is 846. The van der Waals surface area contributed by atoms with E-state index in [0.29, 0.717) is 18.4 Å². The van der Waals surface area contributed by atoms with Gasteiger partial charge in [-0.3, -0.25) is 4.90 Å². The molecule has 2 atom stereocenters. The van der Waals surface area contributed by atoms with Crippen LogP contribution in [0.1, 0.15) is 36.1 Å². The van der Waals surface area contributed by atoms with Crippen LogP contribution in [0.2, 0.25) is 0 Å². The van der Waals surface area contributed by atoms with Crippen LogP contribution in [0.25, 0.3) is 0 Å². The Balaban J connectivity index is 1.25. The number of fused-ring (bicyclic) bond motifs is 1. The Morgan fingerprint density at radius 3 is 2.72 bits per heavy atom. The minimum Gasteiger partial charge on any atom is -0.338 e. The topological polar surface area (TPSA) is 53.4 Å². The normalized spacial score (nSPS) is 22.4. The highest BCUT2D eigenvalue weighted by molar-refractivity contribution is 5.74. The first kappa shape index (κ1) is 20.0. The van der Waals surface area contributed by atoms with Crippen LogP contribution in [-0.2, 0) is 19.6 Å². The zero-order valence-corrected chi connectivity index (χ0v) is 17.9. The van der Waals surface area contributed by atoms with Gasteiger partial charge in [-0.25, -0.2) is 9.78 Å². The van der Waals surface area contributed by atoms with Crippen LogP contribution in [-0.4, -0.2) is 51.6 Å². The third-order valence-corrected chi connectivity index (χ3v) is 6.68. The van der Waals surface area contributed by atoms with Crippen molar-refractivity contribution in [1.82, 2.24) is 24.7 Å². The number of amides is 2. The molecule has 2 aromatic rings. The molecule has 2 aliphatic heterocycles. The SMILES string of the molecule is Cc1nc2n(c1C)CCN(C(=O)NCC1CCN(Cc3ccccc3)CC1C)C2. The number of aromatic nitrogens is 2. The van der Waals surface area contributed by atoms with Crippen LogP contribution >= 0.6 is 0 Å². The maximum Gasteiger partial charge on any atom is 0.317 e. The molecule has 0 spiro atoms. The number of benzene rings is 1. The van der Waals surface area contributed by atoms with Gasteiger partial charge in [0.25, 0.3) is 0 Å². The third kappa shape index (κ3) is 4.47. The van der Waals surface area contributed by atoms with Gasteiger partial charge in [0, 0.05) is 38.4 Å². The molecule has 156 valence electrons. The smallest absolute Gasteiger partial charge is 0.317 e. The maximum absolute atomic E-state index is 12.7. The zero-order chi connectivity index (χ0) is 20.4. The molecule has 2 aliphatic rings. The number of imidazole rings is 1. The fraction of sp³-hybridized carbons (Fsp3) is 0.565. The lowest BCUT2D eigenvalue weighted by molar-refractivity contribution is 0.119. The number of nitrogens with zero attached hydrogens (tertiary/aromatic N) is 4. The van der Waals surface area contributed by atoms with Crippen molar-refractivity contribution in [2.24, 2.45) is 11.8 Å². The number of likely N-dealkylation sites (tertiary alicyclic amines) is 1. The molecule has 1 aromatic carbocycles. The van der Waals surface area contributed by atoms with Gasteiger partial charge in [0.1, 0.15) is 5.82 Å². The number of hydrogen-bond acceptors (Lipinski definition) is 3. The summed E-state index contributed by atoms with van der Waals surface area (Å²) in [6.45, 7) is 12.6. The number of hydrogen-bond donors (Lipinski definition) is 1. The van der Waals surface area contributed by atoms with E-state index in [1.165, 1.54) is 11.3 Å². The van der Waals surface area contributed by atoms with Gasteiger partial charge in [0.2, 0.25) is 0 Å². The van der Waals surface area contributed by atoms with E-state index in [-0.39, 0.29) is 6.03 Å². The highest BCUT2D eigenvalue weighted by atomic mass is 16.2. The predicted octanol–water partition coefficient (Wildman–Crippen LogP) is 3.18. The summed E-state index contributed by atoms with van der Waals surface area (Å²) in [5.41, 5.74) is 3.66. The van der Waals surface area contributed by atoms with E-state index in [9.17, 15) is 4.79 Å². The lowest BCUT2D eigenvalue weighted by Crippen LogP contribution is -2.48. The van der Waals surface area contributed by atoms with Gasteiger partial charge in [-0.05, 0) is 44.2 Å². The summed E-state index contributed by atoms with van der Waals surface area (Å²) in [7, 11) is 0. The second kappa shape index (κ2) is 8.57. The zero-order valence-electron chi connectivity index (χ0n) is 17.9. The van der Waals surface area contributed by atoms with Gasteiger partial charge in [0.15, 0.2) is 0 Å². The van der Waals surface area contributed by atoms with E-state index in [1.54, 1.807) is 0 Å². The van der Waals surface area contributed by atoms with E-state index in [2.05, 4.69) is 63.9 Å². The molecule has 2 unspecified atom stereocenters. The molecule has 1 saturated heterocycles. The van der Waals surface area contributed by atoms with Gasteiger partial charge in [-0.15, -0.1) is 0 Å². The van der Waals surface area contributed by atoms with Crippen LogP contribution < -0.4 is 5.32 Å². The minimum absolute atomic E-state index is 0.0495. The van der Waals surface area contributed by atoms with Crippen LogP contribution in [0.5, 0.6) is 0 Å². The summed E-state index contributed by atoms with van der Waals surface area (Å²) in [6.07, 6.45) is 1.14. The fourth-order valence-electron chi connectivity index (χ4n) is 4.68. The molecule has 2 amide bonds. The summed E-state index contributed by atoms with van der Waals surface area (Å²) >= 11 is 0. The van der Waals surface area contributed by atoms with Gasteiger partial charge < -0.3 is 14.8 Å². The summed E-state index contributed by atoms with van der Waals surface area (Å²) in [4.78, 5) is 21.8. The van der Waals surface area contributed by atoms with E-state index < -0.39 is 0 Å². The van der Waals surface area contributed by atoms with Crippen LogP contribution in [0, 0.1) is 25.7 Å². The van der Waals surface area contributed by atoms with Crippen molar-refractivity contribution < 1.29 is 4.79 Å². The van der Waals surface area contributed by atoms with Gasteiger partial charge in [0.05, 0.1) is 12.2 Å². The van der Waals surface area contributed by atoms with Crippen molar-refractivity contribution in [2.45, 2.75) is 46.8 Å². The number of nitrogens with one attached hydrogen (secondary N) is 1. The number of carbonyl (C=O) groups is 1. The standard InChI is InChI=1S/C23H33N5O/c1-17-14-26(15-20-7-5-4-6-8-20)10-9-21(17)13-24-23(29)27-11-12-28-19(3)18(2)25-22(28)16-27/h4-8,17,21H,9-16H2,1-3H3,(H,24,29). The van der Waals surface area contributed by atoms with Gasteiger partial charge >= 0.3 is 6.03 Å². The molecule has 0 saturated carbocycles. The average molecular weight is 396 g/mol. The average Bonchev–Trinajstić information content (AvgIpc) is 3.01. The number of piperidine rings is 1. The van der Waals surface area contributed by atoms with Crippen LogP contribution in [0.3, 0.4) is 0 Å². The van der Waals surface area contributed by atoms with Gasteiger partial charge in [-0.2, -0.15) is 0 Å². The molecular weight excluding hydrogens is 362 g/mol. The molecule has 6 nitrogen and oxygen atoms in total.